The van der Waals surface area contributed by atoms with Crippen LogP contribution in [0.4, 0.5) is 0 Å². The molecule has 66 valence electrons. The van der Waals surface area contributed by atoms with Gasteiger partial charge in [-0.1, -0.05) is 13.3 Å². The van der Waals surface area contributed by atoms with Gasteiger partial charge in [0, 0.05) is 0 Å². The van der Waals surface area contributed by atoms with Crippen molar-refractivity contribution in [3.63, 3.8) is 0 Å². The summed E-state index contributed by atoms with van der Waals surface area (Å²) < 4.78 is 21.5. The molecule has 0 heterocycles. The molecule has 0 amide bonds. The molecule has 1 saturated carbocycles. The molecule has 0 atom stereocenters. The average Bonchev–Trinajstić information content (AvgIpc) is 2.44. The summed E-state index contributed by atoms with van der Waals surface area (Å²) in [6, 6.07) is 0. The van der Waals surface area contributed by atoms with Crippen LogP contribution >= 0.6 is 0 Å². The van der Waals surface area contributed by atoms with Crippen LogP contribution in [0.5, 0.6) is 0 Å². The molecule has 3 nitrogen and oxygen atoms in total. The topological polar surface area (TPSA) is 60.2 Å². The van der Waals surface area contributed by atoms with Crippen LogP contribution in [0, 0.1) is 5.41 Å². The standard InChI is InChI=1S/C7H15NO2S/c1-2-3-7(4-5-7)6-11(8,9)10/h2-6H2,1H3,(H2,8,9,10). The third-order valence-corrected chi connectivity index (χ3v) is 3.26. The van der Waals surface area contributed by atoms with Crippen molar-refractivity contribution >= 4 is 10.0 Å². The lowest BCUT2D eigenvalue weighted by atomic mass is 10.0. The summed E-state index contributed by atoms with van der Waals surface area (Å²) >= 11 is 0. The van der Waals surface area contributed by atoms with Gasteiger partial charge in [0.1, 0.15) is 0 Å². The van der Waals surface area contributed by atoms with E-state index in [-0.39, 0.29) is 11.2 Å². The second-order valence-corrected chi connectivity index (χ2v) is 5.17. The Morgan fingerprint density at radius 3 is 2.27 bits per heavy atom. The Morgan fingerprint density at radius 1 is 1.45 bits per heavy atom. The molecule has 0 aromatic heterocycles. The third kappa shape index (κ3) is 2.79. The van der Waals surface area contributed by atoms with Gasteiger partial charge in [0.25, 0.3) is 0 Å². The fourth-order valence-electron chi connectivity index (χ4n) is 1.60. The van der Waals surface area contributed by atoms with E-state index < -0.39 is 10.0 Å². The molecular formula is C7H15NO2S. The molecule has 0 aromatic rings. The molecule has 0 bridgehead atoms. The quantitative estimate of drug-likeness (QED) is 0.692. The molecule has 4 heteroatoms. The van der Waals surface area contributed by atoms with Crippen LogP contribution in [-0.2, 0) is 10.0 Å². The Hall–Kier alpha value is -0.0900. The number of nitrogens with two attached hydrogens (primary N) is 1. The largest absolute Gasteiger partial charge is 0.229 e. The second kappa shape index (κ2) is 2.75. The van der Waals surface area contributed by atoms with Gasteiger partial charge in [-0.3, -0.25) is 0 Å². The molecule has 0 radical (unpaired) electrons. The van der Waals surface area contributed by atoms with Gasteiger partial charge in [-0.2, -0.15) is 0 Å². The van der Waals surface area contributed by atoms with E-state index in [4.69, 9.17) is 5.14 Å². The van der Waals surface area contributed by atoms with Crippen LogP contribution in [-0.4, -0.2) is 14.2 Å². The van der Waals surface area contributed by atoms with E-state index in [0.29, 0.717) is 0 Å². The van der Waals surface area contributed by atoms with Crippen LogP contribution in [0.25, 0.3) is 0 Å². The maximum Gasteiger partial charge on any atom is 0.209 e. The fraction of sp³-hybridized carbons (Fsp3) is 1.00. The fourth-order valence-corrected chi connectivity index (χ4v) is 2.89. The van der Waals surface area contributed by atoms with E-state index in [1.54, 1.807) is 0 Å². The van der Waals surface area contributed by atoms with Crippen molar-refractivity contribution in [1.82, 2.24) is 0 Å². The van der Waals surface area contributed by atoms with Gasteiger partial charge in [-0.25, -0.2) is 13.6 Å². The molecule has 1 fully saturated rings. The van der Waals surface area contributed by atoms with Crippen molar-refractivity contribution in [3.8, 4) is 0 Å². The molecule has 0 aliphatic heterocycles. The number of rotatable bonds is 4. The third-order valence-electron chi connectivity index (χ3n) is 2.24. The highest BCUT2D eigenvalue weighted by molar-refractivity contribution is 7.89. The first-order valence-corrected chi connectivity index (χ1v) is 5.69. The highest BCUT2D eigenvalue weighted by atomic mass is 32.2. The summed E-state index contributed by atoms with van der Waals surface area (Å²) in [5.41, 5.74) is 0.0718. The predicted octanol–water partition coefficient (Wildman–Crippen LogP) is 0.855. The van der Waals surface area contributed by atoms with Gasteiger partial charge < -0.3 is 0 Å². The SMILES string of the molecule is CCCC1(CS(N)(=O)=O)CC1. The number of primary sulfonamides is 1. The smallest absolute Gasteiger partial charge is 0.209 e. The lowest BCUT2D eigenvalue weighted by molar-refractivity contribution is 0.498. The van der Waals surface area contributed by atoms with Crippen molar-refractivity contribution in [3.05, 3.63) is 0 Å². The highest BCUT2D eigenvalue weighted by Gasteiger charge is 2.44. The Kier molecular flexibility index (Phi) is 2.25. The molecule has 1 aliphatic rings. The van der Waals surface area contributed by atoms with Gasteiger partial charge in [0.15, 0.2) is 0 Å². The molecule has 0 unspecified atom stereocenters. The normalized spacial score (nSPS) is 21.6. The Balaban J connectivity index is 2.48. The van der Waals surface area contributed by atoms with Gasteiger partial charge in [0.2, 0.25) is 10.0 Å². The first kappa shape index (κ1) is 9.00. The first-order chi connectivity index (χ1) is 4.97. The highest BCUT2D eigenvalue weighted by Crippen LogP contribution is 2.50. The van der Waals surface area contributed by atoms with E-state index in [0.717, 1.165) is 25.7 Å². The first-order valence-electron chi connectivity index (χ1n) is 3.98. The Morgan fingerprint density at radius 2 is 2.00 bits per heavy atom. The minimum atomic E-state index is -3.24. The van der Waals surface area contributed by atoms with Crippen molar-refractivity contribution in [2.75, 3.05) is 5.75 Å². The zero-order valence-corrected chi connectivity index (χ0v) is 7.65. The van der Waals surface area contributed by atoms with Crippen LogP contribution in [0.3, 0.4) is 0 Å². The zero-order valence-electron chi connectivity index (χ0n) is 6.84. The average molecular weight is 177 g/mol. The minimum absolute atomic E-state index is 0.0718. The maximum atomic E-state index is 10.7. The van der Waals surface area contributed by atoms with E-state index in [1.807, 2.05) is 0 Å². The van der Waals surface area contributed by atoms with Gasteiger partial charge in [0.05, 0.1) is 5.75 Å². The number of sulfonamides is 1. The number of hydrogen-bond donors (Lipinski definition) is 1. The molecule has 1 rings (SSSR count). The van der Waals surface area contributed by atoms with Crippen molar-refractivity contribution < 1.29 is 8.42 Å². The molecule has 0 spiro atoms. The van der Waals surface area contributed by atoms with Crippen LogP contribution < -0.4 is 5.14 Å². The van der Waals surface area contributed by atoms with E-state index in [2.05, 4.69) is 6.92 Å². The van der Waals surface area contributed by atoms with Crippen molar-refractivity contribution in [1.29, 1.82) is 0 Å². The summed E-state index contributed by atoms with van der Waals surface area (Å²) in [6.07, 6.45) is 4.13. The Labute approximate surface area is 68.0 Å². The van der Waals surface area contributed by atoms with Gasteiger partial charge in [-0.05, 0) is 24.7 Å². The Bertz CT molecular complexity index is 229. The van der Waals surface area contributed by atoms with E-state index in [1.165, 1.54) is 0 Å². The minimum Gasteiger partial charge on any atom is -0.229 e. The molecule has 11 heavy (non-hydrogen) atoms. The molecule has 0 aromatic carbocycles. The van der Waals surface area contributed by atoms with Crippen LogP contribution in [0.2, 0.25) is 0 Å². The van der Waals surface area contributed by atoms with Crippen molar-refractivity contribution in [2.24, 2.45) is 10.6 Å². The van der Waals surface area contributed by atoms with Crippen LogP contribution in [0.1, 0.15) is 32.6 Å². The van der Waals surface area contributed by atoms with Gasteiger partial charge in [-0.15, -0.1) is 0 Å². The summed E-state index contributed by atoms with van der Waals surface area (Å²) in [7, 11) is -3.24. The van der Waals surface area contributed by atoms with E-state index >= 15 is 0 Å². The lowest BCUT2D eigenvalue weighted by Gasteiger charge is -2.10. The summed E-state index contributed by atoms with van der Waals surface area (Å²) in [5.74, 6) is 0.188. The van der Waals surface area contributed by atoms with Crippen LogP contribution in [0.15, 0.2) is 0 Å². The van der Waals surface area contributed by atoms with Gasteiger partial charge >= 0.3 is 0 Å². The monoisotopic (exact) mass is 177 g/mol. The zero-order chi connectivity index (χ0) is 8.54. The lowest BCUT2D eigenvalue weighted by Crippen LogP contribution is -2.23. The molecule has 0 saturated heterocycles. The molecule has 2 N–H and O–H groups in total. The van der Waals surface area contributed by atoms with E-state index in [9.17, 15) is 8.42 Å². The summed E-state index contributed by atoms with van der Waals surface area (Å²) in [4.78, 5) is 0. The number of hydrogen-bond acceptors (Lipinski definition) is 2. The molecular weight excluding hydrogens is 162 g/mol. The predicted molar refractivity (Wildman–Crippen MR) is 44.5 cm³/mol. The van der Waals surface area contributed by atoms with Crippen molar-refractivity contribution in [2.45, 2.75) is 32.6 Å². The second-order valence-electron chi connectivity index (χ2n) is 3.56. The maximum absolute atomic E-state index is 10.7. The summed E-state index contributed by atoms with van der Waals surface area (Å²) in [5, 5.41) is 4.96. The summed E-state index contributed by atoms with van der Waals surface area (Å²) in [6.45, 7) is 2.07. The molecule has 1 aliphatic carbocycles.